The predicted octanol–water partition coefficient (Wildman–Crippen LogP) is 1.69. The Hall–Kier alpha value is -1.65. The van der Waals surface area contributed by atoms with Crippen LogP contribution in [-0.4, -0.2) is 19.6 Å². The third-order valence-corrected chi connectivity index (χ3v) is 1.76. The molecule has 0 radical (unpaired) electrons. The number of nitrogens with two attached hydrogens (primary N) is 1. The average Bonchev–Trinajstić information content (AvgIpc) is 2.63. The molecule has 0 atom stereocenters. The lowest BCUT2D eigenvalue weighted by Crippen LogP contribution is -2.01. The highest BCUT2D eigenvalue weighted by atomic mass is 15.3. The summed E-state index contributed by atoms with van der Waals surface area (Å²) in [6.45, 7) is 6.29. The van der Waals surface area contributed by atoms with Crippen LogP contribution in [0.5, 0.6) is 0 Å². The van der Waals surface area contributed by atoms with Crippen LogP contribution in [0.4, 0.5) is 5.82 Å². The molecule has 0 aromatic carbocycles. The van der Waals surface area contributed by atoms with E-state index in [1.165, 1.54) is 12.7 Å². The summed E-state index contributed by atoms with van der Waals surface area (Å²) in [6, 6.07) is 0. The molecule has 2 rings (SSSR count). The number of aryl methyl sites for hydroxylation is 1. The number of nitrogens with zero attached hydrogens (tertiary/aromatic N) is 4. The minimum atomic E-state index is 0.421. The molecule has 2 aromatic heterocycles. The molecule has 2 heterocycles. The second-order valence-electron chi connectivity index (χ2n) is 3.19. The first kappa shape index (κ1) is 11.4. The van der Waals surface area contributed by atoms with Crippen LogP contribution in [0.2, 0.25) is 0 Å². The fraction of sp³-hybridized carbons (Fsp3) is 0.500. The molecule has 0 aliphatic heterocycles. The molecule has 0 aliphatic rings. The fourth-order valence-corrected chi connectivity index (χ4v) is 1.12. The summed E-state index contributed by atoms with van der Waals surface area (Å²) in [4.78, 5) is 7.94. The van der Waals surface area contributed by atoms with Gasteiger partial charge in [-0.2, -0.15) is 5.10 Å². The van der Waals surface area contributed by atoms with Gasteiger partial charge in [-0.05, 0) is 6.42 Å². The van der Waals surface area contributed by atoms with Crippen LogP contribution >= 0.6 is 0 Å². The van der Waals surface area contributed by atoms with Gasteiger partial charge in [-0.15, -0.1) is 0 Å². The standard InChI is InChI=1S/C7H9N5.C3H8/c1-2-5-3-9-7-6(8)10-4-11-12(5)7;1-3-2/h3-4H,2H2,1H3,(H2,8,10,11);3H2,1-2H3. The summed E-state index contributed by atoms with van der Waals surface area (Å²) in [5.41, 5.74) is 7.26. The molecule has 15 heavy (non-hydrogen) atoms. The molecule has 0 amide bonds. The molecule has 0 fully saturated rings. The molecule has 0 unspecified atom stereocenters. The summed E-state index contributed by atoms with van der Waals surface area (Å²) < 4.78 is 1.71. The maximum Gasteiger partial charge on any atom is 0.196 e. The van der Waals surface area contributed by atoms with Crippen LogP contribution in [0, 0.1) is 0 Å². The Balaban J connectivity index is 0.000000337. The molecule has 0 bridgehead atoms. The summed E-state index contributed by atoms with van der Waals surface area (Å²) >= 11 is 0. The topological polar surface area (TPSA) is 69.1 Å². The summed E-state index contributed by atoms with van der Waals surface area (Å²) in [7, 11) is 0. The van der Waals surface area contributed by atoms with E-state index in [0.717, 1.165) is 12.1 Å². The van der Waals surface area contributed by atoms with Gasteiger partial charge in [-0.3, -0.25) is 0 Å². The monoisotopic (exact) mass is 207 g/mol. The number of anilines is 1. The summed E-state index contributed by atoms with van der Waals surface area (Å²) in [6.07, 6.45) is 5.33. The van der Waals surface area contributed by atoms with Crippen molar-refractivity contribution in [3.05, 3.63) is 18.2 Å². The van der Waals surface area contributed by atoms with E-state index in [1.807, 2.05) is 6.92 Å². The third-order valence-electron chi connectivity index (χ3n) is 1.76. The number of hydrogen-bond acceptors (Lipinski definition) is 4. The van der Waals surface area contributed by atoms with Crippen LogP contribution in [0.25, 0.3) is 5.65 Å². The lowest BCUT2D eigenvalue weighted by atomic mass is 10.4. The van der Waals surface area contributed by atoms with Gasteiger partial charge in [0.15, 0.2) is 11.5 Å². The number of rotatable bonds is 1. The Morgan fingerprint density at radius 3 is 2.53 bits per heavy atom. The smallest absolute Gasteiger partial charge is 0.196 e. The van der Waals surface area contributed by atoms with Crippen LogP contribution in [-0.2, 0) is 6.42 Å². The zero-order valence-corrected chi connectivity index (χ0v) is 9.44. The van der Waals surface area contributed by atoms with E-state index >= 15 is 0 Å². The highest BCUT2D eigenvalue weighted by Gasteiger charge is 2.04. The van der Waals surface area contributed by atoms with Crippen molar-refractivity contribution >= 4 is 11.5 Å². The third kappa shape index (κ3) is 2.43. The largest absolute Gasteiger partial charge is 0.381 e. The Morgan fingerprint density at radius 2 is 1.93 bits per heavy atom. The van der Waals surface area contributed by atoms with Crippen molar-refractivity contribution in [1.29, 1.82) is 0 Å². The van der Waals surface area contributed by atoms with Crippen LogP contribution in [0.1, 0.15) is 32.9 Å². The van der Waals surface area contributed by atoms with E-state index in [-0.39, 0.29) is 0 Å². The van der Waals surface area contributed by atoms with Gasteiger partial charge in [-0.1, -0.05) is 27.2 Å². The molecule has 0 saturated heterocycles. The van der Waals surface area contributed by atoms with E-state index in [9.17, 15) is 0 Å². The fourth-order valence-electron chi connectivity index (χ4n) is 1.12. The number of nitrogen functional groups attached to an aromatic ring is 1. The lowest BCUT2D eigenvalue weighted by Gasteiger charge is -1.96. The maximum atomic E-state index is 5.59. The quantitative estimate of drug-likeness (QED) is 0.772. The van der Waals surface area contributed by atoms with Gasteiger partial charge in [0.05, 0.1) is 11.9 Å². The molecule has 2 N–H and O–H groups in total. The number of imidazole rings is 1. The number of hydrogen-bond donors (Lipinski definition) is 1. The Bertz CT molecular complexity index is 421. The van der Waals surface area contributed by atoms with Crippen molar-refractivity contribution in [3.63, 3.8) is 0 Å². The van der Waals surface area contributed by atoms with Crippen molar-refractivity contribution in [3.8, 4) is 0 Å². The average molecular weight is 207 g/mol. The van der Waals surface area contributed by atoms with Crippen LogP contribution < -0.4 is 5.73 Å². The Kier molecular flexibility index (Phi) is 4.03. The van der Waals surface area contributed by atoms with Crippen molar-refractivity contribution in [2.24, 2.45) is 0 Å². The van der Waals surface area contributed by atoms with Gasteiger partial charge in [0.2, 0.25) is 0 Å². The van der Waals surface area contributed by atoms with Gasteiger partial charge in [-0.25, -0.2) is 14.5 Å². The van der Waals surface area contributed by atoms with Crippen molar-refractivity contribution in [1.82, 2.24) is 19.6 Å². The van der Waals surface area contributed by atoms with E-state index in [2.05, 4.69) is 28.9 Å². The number of fused-ring (bicyclic) bond motifs is 1. The maximum absolute atomic E-state index is 5.59. The van der Waals surface area contributed by atoms with Gasteiger partial charge >= 0.3 is 0 Å². The summed E-state index contributed by atoms with van der Waals surface area (Å²) in [5, 5.41) is 4.04. The lowest BCUT2D eigenvalue weighted by molar-refractivity contribution is 0.839. The van der Waals surface area contributed by atoms with Crippen molar-refractivity contribution in [2.45, 2.75) is 33.6 Å². The van der Waals surface area contributed by atoms with Crippen molar-refractivity contribution < 1.29 is 0 Å². The zero-order valence-electron chi connectivity index (χ0n) is 9.44. The SMILES string of the molecule is CCC.CCc1cnc2c(N)ncnn12. The van der Waals surface area contributed by atoms with Crippen LogP contribution in [0.15, 0.2) is 12.5 Å². The molecule has 5 heteroatoms. The molecule has 82 valence electrons. The van der Waals surface area contributed by atoms with E-state index in [0.29, 0.717) is 11.5 Å². The molecule has 5 nitrogen and oxygen atoms in total. The van der Waals surface area contributed by atoms with Gasteiger partial charge in [0, 0.05) is 0 Å². The molecular weight excluding hydrogens is 190 g/mol. The molecule has 0 saturated carbocycles. The Morgan fingerprint density at radius 1 is 1.27 bits per heavy atom. The summed E-state index contributed by atoms with van der Waals surface area (Å²) in [5.74, 6) is 0.421. The van der Waals surface area contributed by atoms with Gasteiger partial charge in [0.1, 0.15) is 6.33 Å². The highest BCUT2D eigenvalue weighted by molar-refractivity contribution is 5.58. The van der Waals surface area contributed by atoms with Crippen molar-refractivity contribution in [2.75, 3.05) is 5.73 Å². The first-order chi connectivity index (χ1) is 7.24. The Labute approximate surface area is 89.3 Å². The first-order valence-corrected chi connectivity index (χ1v) is 5.17. The minimum absolute atomic E-state index is 0.421. The number of aromatic nitrogens is 4. The molecular formula is C10H17N5. The predicted molar refractivity (Wildman–Crippen MR) is 60.5 cm³/mol. The molecule has 0 aliphatic carbocycles. The first-order valence-electron chi connectivity index (χ1n) is 5.17. The molecule has 2 aromatic rings. The van der Waals surface area contributed by atoms with E-state index in [4.69, 9.17) is 5.73 Å². The van der Waals surface area contributed by atoms with Crippen LogP contribution in [0.3, 0.4) is 0 Å². The second kappa shape index (κ2) is 5.29. The second-order valence-corrected chi connectivity index (χ2v) is 3.19. The van der Waals surface area contributed by atoms with Gasteiger partial charge in [0.25, 0.3) is 0 Å². The van der Waals surface area contributed by atoms with Gasteiger partial charge < -0.3 is 5.73 Å². The molecule has 0 spiro atoms. The minimum Gasteiger partial charge on any atom is -0.381 e. The highest BCUT2D eigenvalue weighted by Crippen LogP contribution is 2.08. The zero-order chi connectivity index (χ0) is 11.3. The normalized spacial score (nSPS) is 9.80. The van der Waals surface area contributed by atoms with E-state index < -0.39 is 0 Å². The van der Waals surface area contributed by atoms with E-state index in [1.54, 1.807) is 10.7 Å².